The number of aromatic nitrogens is 2. The van der Waals surface area contributed by atoms with E-state index in [2.05, 4.69) is 9.97 Å². The van der Waals surface area contributed by atoms with Crippen LogP contribution in [0, 0.1) is 5.92 Å². The summed E-state index contributed by atoms with van der Waals surface area (Å²) < 4.78 is 0. The first kappa shape index (κ1) is 9.21. The Kier molecular flexibility index (Phi) is 2.49. The van der Waals surface area contributed by atoms with Crippen molar-refractivity contribution in [1.82, 2.24) is 9.97 Å². The van der Waals surface area contributed by atoms with Gasteiger partial charge in [0.25, 0.3) is 5.56 Å². The molecule has 5 nitrogen and oxygen atoms in total. The number of rotatable bonds is 2. The van der Waals surface area contributed by atoms with Gasteiger partial charge in [0, 0.05) is 25.5 Å². The summed E-state index contributed by atoms with van der Waals surface area (Å²) in [7, 11) is 0. The molecule has 0 aromatic carbocycles. The minimum absolute atomic E-state index is 0.120. The summed E-state index contributed by atoms with van der Waals surface area (Å²) in [5, 5.41) is 0. The molecule has 1 aliphatic rings. The zero-order chi connectivity index (χ0) is 9.97. The number of anilines is 1. The third kappa shape index (κ3) is 1.63. The fraction of sp³-hybridized carbons (Fsp3) is 0.556. The number of hydrogen-bond donors (Lipinski definition) is 2. The largest absolute Gasteiger partial charge is 0.352 e. The zero-order valence-corrected chi connectivity index (χ0v) is 7.94. The maximum Gasteiger partial charge on any atom is 0.290 e. The molecule has 1 fully saturated rings. The Morgan fingerprint density at radius 3 is 3.21 bits per heavy atom. The summed E-state index contributed by atoms with van der Waals surface area (Å²) >= 11 is 0. The summed E-state index contributed by atoms with van der Waals surface area (Å²) in [4.78, 5) is 20.1. The SMILES string of the molecule is NCC1CCN(c2ncc[nH]c2=O)C1. The van der Waals surface area contributed by atoms with Gasteiger partial charge in [-0.05, 0) is 18.9 Å². The van der Waals surface area contributed by atoms with Gasteiger partial charge in [0.1, 0.15) is 0 Å². The van der Waals surface area contributed by atoms with Crippen molar-refractivity contribution >= 4 is 5.82 Å². The van der Waals surface area contributed by atoms with Crippen LogP contribution in [0.1, 0.15) is 6.42 Å². The van der Waals surface area contributed by atoms with Crippen molar-refractivity contribution in [2.24, 2.45) is 11.7 Å². The number of aromatic amines is 1. The van der Waals surface area contributed by atoms with Crippen molar-refractivity contribution in [3.63, 3.8) is 0 Å². The molecule has 1 aromatic heterocycles. The van der Waals surface area contributed by atoms with Gasteiger partial charge in [0.05, 0.1) is 0 Å². The molecule has 1 aliphatic heterocycles. The highest BCUT2D eigenvalue weighted by Crippen LogP contribution is 2.17. The molecule has 14 heavy (non-hydrogen) atoms. The summed E-state index contributed by atoms with van der Waals surface area (Å²) in [6.07, 6.45) is 4.20. The van der Waals surface area contributed by atoms with E-state index < -0.39 is 0 Å². The summed E-state index contributed by atoms with van der Waals surface area (Å²) in [5.41, 5.74) is 5.46. The zero-order valence-electron chi connectivity index (χ0n) is 7.94. The molecule has 5 heteroatoms. The van der Waals surface area contributed by atoms with Gasteiger partial charge >= 0.3 is 0 Å². The molecule has 1 saturated heterocycles. The second-order valence-electron chi connectivity index (χ2n) is 3.58. The first-order valence-corrected chi connectivity index (χ1v) is 4.80. The number of nitrogens with zero attached hydrogens (tertiary/aromatic N) is 2. The lowest BCUT2D eigenvalue weighted by atomic mass is 10.1. The van der Waals surface area contributed by atoms with E-state index in [1.54, 1.807) is 12.4 Å². The van der Waals surface area contributed by atoms with Crippen molar-refractivity contribution in [1.29, 1.82) is 0 Å². The minimum Gasteiger partial charge on any atom is -0.352 e. The molecule has 1 aromatic rings. The van der Waals surface area contributed by atoms with Crippen LogP contribution in [0.5, 0.6) is 0 Å². The number of nitrogens with one attached hydrogen (secondary N) is 1. The molecule has 2 heterocycles. The fourth-order valence-corrected chi connectivity index (χ4v) is 1.79. The van der Waals surface area contributed by atoms with Gasteiger partial charge in [-0.2, -0.15) is 0 Å². The molecule has 0 saturated carbocycles. The Balaban J connectivity index is 2.18. The first-order valence-electron chi connectivity index (χ1n) is 4.80. The van der Waals surface area contributed by atoms with Gasteiger partial charge in [-0.25, -0.2) is 4.98 Å². The van der Waals surface area contributed by atoms with Gasteiger partial charge in [-0.3, -0.25) is 4.79 Å². The first-order chi connectivity index (χ1) is 6.81. The van der Waals surface area contributed by atoms with E-state index in [0.717, 1.165) is 19.5 Å². The van der Waals surface area contributed by atoms with E-state index in [1.807, 2.05) is 4.90 Å². The van der Waals surface area contributed by atoms with Crippen LogP contribution in [-0.4, -0.2) is 29.6 Å². The molecule has 0 amide bonds. The van der Waals surface area contributed by atoms with Crippen LogP contribution < -0.4 is 16.2 Å². The third-order valence-electron chi connectivity index (χ3n) is 2.61. The monoisotopic (exact) mass is 194 g/mol. The lowest BCUT2D eigenvalue weighted by Crippen LogP contribution is -2.29. The maximum atomic E-state index is 11.4. The van der Waals surface area contributed by atoms with E-state index in [9.17, 15) is 4.79 Å². The van der Waals surface area contributed by atoms with Gasteiger partial charge in [-0.15, -0.1) is 0 Å². The Bertz CT molecular complexity index is 362. The quantitative estimate of drug-likeness (QED) is 0.669. The topological polar surface area (TPSA) is 75.0 Å². The Morgan fingerprint density at radius 1 is 1.71 bits per heavy atom. The van der Waals surface area contributed by atoms with E-state index in [-0.39, 0.29) is 5.56 Å². The van der Waals surface area contributed by atoms with Crippen LogP contribution in [0.2, 0.25) is 0 Å². The number of H-pyrrole nitrogens is 1. The van der Waals surface area contributed by atoms with Crippen LogP contribution in [0.4, 0.5) is 5.82 Å². The molecule has 0 bridgehead atoms. The van der Waals surface area contributed by atoms with Crippen LogP contribution in [-0.2, 0) is 0 Å². The number of hydrogen-bond acceptors (Lipinski definition) is 4. The van der Waals surface area contributed by atoms with Gasteiger partial charge < -0.3 is 15.6 Å². The van der Waals surface area contributed by atoms with Gasteiger partial charge in [0.15, 0.2) is 5.82 Å². The normalized spacial score (nSPS) is 21.5. The smallest absolute Gasteiger partial charge is 0.290 e. The van der Waals surface area contributed by atoms with Crippen molar-refractivity contribution in [3.05, 3.63) is 22.7 Å². The summed E-state index contributed by atoms with van der Waals surface area (Å²) in [5.74, 6) is 1.01. The Hall–Kier alpha value is -1.36. The van der Waals surface area contributed by atoms with Crippen molar-refractivity contribution in [3.8, 4) is 0 Å². The highest BCUT2D eigenvalue weighted by Gasteiger charge is 2.23. The molecular weight excluding hydrogens is 180 g/mol. The lowest BCUT2D eigenvalue weighted by molar-refractivity contribution is 0.602. The Morgan fingerprint density at radius 2 is 2.57 bits per heavy atom. The van der Waals surface area contributed by atoms with Crippen molar-refractivity contribution in [2.75, 3.05) is 24.5 Å². The Labute approximate surface area is 82.0 Å². The number of nitrogens with two attached hydrogens (primary N) is 1. The highest BCUT2D eigenvalue weighted by atomic mass is 16.1. The average molecular weight is 194 g/mol. The lowest BCUT2D eigenvalue weighted by Gasteiger charge is -2.15. The van der Waals surface area contributed by atoms with Gasteiger partial charge in [0.2, 0.25) is 0 Å². The molecule has 2 rings (SSSR count). The van der Waals surface area contributed by atoms with Crippen LogP contribution in [0.15, 0.2) is 17.2 Å². The van der Waals surface area contributed by atoms with E-state index in [1.165, 1.54) is 0 Å². The van der Waals surface area contributed by atoms with Crippen molar-refractivity contribution in [2.45, 2.75) is 6.42 Å². The molecule has 76 valence electrons. The van der Waals surface area contributed by atoms with E-state index >= 15 is 0 Å². The molecule has 0 spiro atoms. The summed E-state index contributed by atoms with van der Waals surface area (Å²) in [6, 6.07) is 0. The maximum absolute atomic E-state index is 11.4. The molecule has 3 N–H and O–H groups in total. The average Bonchev–Trinajstić information content (AvgIpc) is 2.67. The predicted molar refractivity (Wildman–Crippen MR) is 54.2 cm³/mol. The molecule has 0 radical (unpaired) electrons. The highest BCUT2D eigenvalue weighted by molar-refractivity contribution is 5.36. The summed E-state index contributed by atoms with van der Waals surface area (Å²) in [6.45, 7) is 2.40. The standard InChI is InChI=1S/C9H14N4O/c10-5-7-1-4-13(6-7)8-9(14)12-3-2-11-8/h2-3,7H,1,4-6,10H2,(H,12,14). The van der Waals surface area contributed by atoms with E-state index in [4.69, 9.17) is 5.73 Å². The second kappa shape index (κ2) is 3.79. The minimum atomic E-state index is -0.120. The molecular formula is C9H14N4O. The second-order valence-corrected chi connectivity index (χ2v) is 3.58. The van der Waals surface area contributed by atoms with Crippen LogP contribution in [0.3, 0.4) is 0 Å². The molecule has 1 unspecified atom stereocenters. The van der Waals surface area contributed by atoms with E-state index in [0.29, 0.717) is 18.3 Å². The molecule has 0 aliphatic carbocycles. The predicted octanol–water partition coefficient (Wildman–Crippen LogP) is -0.445. The molecule has 1 atom stereocenters. The van der Waals surface area contributed by atoms with Gasteiger partial charge in [-0.1, -0.05) is 0 Å². The van der Waals surface area contributed by atoms with Crippen LogP contribution >= 0.6 is 0 Å². The fourth-order valence-electron chi connectivity index (χ4n) is 1.79. The van der Waals surface area contributed by atoms with Crippen molar-refractivity contribution < 1.29 is 0 Å². The van der Waals surface area contributed by atoms with Crippen LogP contribution in [0.25, 0.3) is 0 Å². The third-order valence-corrected chi connectivity index (χ3v) is 2.61.